The van der Waals surface area contributed by atoms with Crippen LogP contribution in [0.4, 0.5) is 0 Å². The summed E-state index contributed by atoms with van der Waals surface area (Å²) in [5, 5.41) is 9.43. The number of rotatable bonds is 8. The van der Waals surface area contributed by atoms with E-state index in [4.69, 9.17) is 20.8 Å². The van der Waals surface area contributed by atoms with Crippen LogP contribution in [0.25, 0.3) is 4.85 Å². The van der Waals surface area contributed by atoms with Gasteiger partial charge in [0.05, 0.1) is 26.4 Å². The topological polar surface area (TPSA) is 55.6 Å². The minimum Gasteiger partial charge on any atom is -0.388 e. The van der Waals surface area contributed by atoms with Crippen LogP contribution in [0.3, 0.4) is 0 Å². The molecule has 0 amide bonds. The van der Waals surface area contributed by atoms with Gasteiger partial charge in [0, 0.05) is 0 Å². The fourth-order valence-corrected chi connectivity index (χ4v) is 1.00. The Hall–Kier alpha value is -0.670. The quantitative estimate of drug-likeness (QED) is 0.460. The molecule has 1 heterocycles. The smallest absolute Gasteiger partial charge is 0.240 e. The number of aliphatic hydroxyl groups is 1. The molecule has 86 valence electrons. The third-order valence-electron chi connectivity index (χ3n) is 1.94. The van der Waals surface area contributed by atoms with Crippen LogP contribution in [0.5, 0.6) is 0 Å². The highest BCUT2D eigenvalue weighted by Crippen LogP contribution is 2.08. The Balaban J connectivity index is 1.92. The molecule has 5 heteroatoms. The van der Waals surface area contributed by atoms with Crippen molar-refractivity contribution in [1.82, 2.24) is 0 Å². The second-order valence-electron chi connectivity index (χ2n) is 3.63. The fourth-order valence-electron chi connectivity index (χ4n) is 1.00. The van der Waals surface area contributed by atoms with E-state index in [1.807, 2.05) is 6.92 Å². The van der Waals surface area contributed by atoms with Gasteiger partial charge in [-0.15, -0.1) is 0 Å². The molecule has 0 aromatic carbocycles. The molecule has 0 saturated carbocycles. The van der Waals surface area contributed by atoms with E-state index in [2.05, 4.69) is 4.85 Å². The minimum atomic E-state index is -0.628. The van der Waals surface area contributed by atoms with Crippen LogP contribution in [-0.4, -0.2) is 56.4 Å². The third-order valence-corrected chi connectivity index (χ3v) is 1.94. The van der Waals surface area contributed by atoms with E-state index >= 15 is 0 Å². The van der Waals surface area contributed by atoms with Gasteiger partial charge in [0.1, 0.15) is 18.3 Å². The number of epoxide rings is 1. The van der Waals surface area contributed by atoms with Crippen molar-refractivity contribution < 1.29 is 19.3 Å². The molecule has 0 aliphatic carbocycles. The SMILES string of the molecule is [C-]#[N+]CC(C)OCC(O)COCC1CO1. The molecule has 0 aromatic heterocycles. The summed E-state index contributed by atoms with van der Waals surface area (Å²) in [5.41, 5.74) is 0. The van der Waals surface area contributed by atoms with Crippen LogP contribution in [-0.2, 0) is 14.2 Å². The second kappa shape index (κ2) is 6.75. The lowest BCUT2D eigenvalue weighted by molar-refractivity contribution is -0.0378. The average molecular weight is 215 g/mol. The Labute approximate surface area is 89.8 Å². The summed E-state index contributed by atoms with van der Waals surface area (Å²) < 4.78 is 15.4. The monoisotopic (exact) mass is 215 g/mol. The summed E-state index contributed by atoms with van der Waals surface area (Å²) in [4.78, 5) is 3.20. The van der Waals surface area contributed by atoms with Gasteiger partial charge < -0.3 is 24.2 Å². The first-order chi connectivity index (χ1) is 7.22. The molecule has 0 spiro atoms. The van der Waals surface area contributed by atoms with Crippen molar-refractivity contribution in [2.75, 3.05) is 33.0 Å². The first-order valence-corrected chi connectivity index (χ1v) is 5.04. The molecule has 0 aromatic rings. The largest absolute Gasteiger partial charge is 0.388 e. The van der Waals surface area contributed by atoms with Crippen molar-refractivity contribution in [1.29, 1.82) is 0 Å². The molecular weight excluding hydrogens is 198 g/mol. The molecule has 1 aliphatic heterocycles. The molecule has 5 nitrogen and oxygen atoms in total. The Morgan fingerprint density at radius 3 is 2.93 bits per heavy atom. The van der Waals surface area contributed by atoms with Crippen molar-refractivity contribution in [2.24, 2.45) is 0 Å². The van der Waals surface area contributed by atoms with Gasteiger partial charge >= 0.3 is 0 Å². The van der Waals surface area contributed by atoms with Gasteiger partial charge in [0.2, 0.25) is 6.54 Å². The molecule has 1 N–H and O–H groups in total. The van der Waals surface area contributed by atoms with E-state index in [-0.39, 0.29) is 25.4 Å². The van der Waals surface area contributed by atoms with Crippen LogP contribution >= 0.6 is 0 Å². The number of nitrogens with zero attached hydrogens (tertiary/aromatic N) is 1. The minimum absolute atomic E-state index is 0.135. The maximum Gasteiger partial charge on any atom is 0.240 e. The Morgan fingerprint density at radius 1 is 1.60 bits per heavy atom. The molecule has 0 bridgehead atoms. The number of ether oxygens (including phenoxy) is 3. The van der Waals surface area contributed by atoms with Crippen molar-refractivity contribution >= 4 is 0 Å². The van der Waals surface area contributed by atoms with E-state index in [1.54, 1.807) is 0 Å². The van der Waals surface area contributed by atoms with Crippen LogP contribution in [0.1, 0.15) is 6.92 Å². The normalized spacial score (nSPS) is 23.1. The molecule has 1 rings (SSSR count). The maximum atomic E-state index is 9.43. The van der Waals surface area contributed by atoms with E-state index in [9.17, 15) is 5.11 Å². The van der Waals surface area contributed by atoms with E-state index in [0.717, 1.165) is 6.61 Å². The summed E-state index contributed by atoms with van der Waals surface area (Å²) in [6, 6.07) is 0. The Bertz CT molecular complexity index is 212. The lowest BCUT2D eigenvalue weighted by Gasteiger charge is -2.13. The van der Waals surface area contributed by atoms with Gasteiger partial charge in [0.25, 0.3) is 0 Å². The lowest BCUT2D eigenvalue weighted by atomic mass is 10.4. The third kappa shape index (κ3) is 6.42. The Morgan fingerprint density at radius 2 is 2.33 bits per heavy atom. The molecule has 1 fully saturated rings. The van der Waals surface area contributed by atoms with Gasteiger partial charge in [-0.1, -0.05) is 0 Å². The fraction of sp³-hybridized carbons (Fsp3) is 0.900. The zero-order valence-corrected chi connectivity index (χ0v) is 8.89. The van der Waals surface area contributed by atoms with Gasteiger partial charge in [-0.2, -0.15) is 0 Å². The molecule has 15 heavy (non-hydrogen) atoms. The van der Waals surface area contributed by atoms with Gasteiger partial charge in [-0.3, -0.25) is 0 Å². The van der Waals surface area contributed by atoms with Crippen LogP contribution in [0.15, 0.2) is 0 Å². The van der Waals surface area contributed by atoms with Crippen LogP contribution in [0.2, 0.25) is 0 Å². The van der Waals surface area contributed by atoms with Crippen molar-refractivity contribution in [3.05, 3.63) is 11.4 Å². The van der Waals surface area contributed by atoms with E-state index < -0.39 is 6.10 Å². The van der Waals surface area contributed by atoms with Crippen LogP contribution < -0.4 is 0 Å². The number of hydrogen-bond donors (Lipinski definition) is 1. The lowest BCUT2D eigenvalue weighted by Crippen LogP contribution is -2.26. The van der Waals surface area contributed by atoms with Crippen LogP contribution in [0, 0.1) is 6.57 Å². The predicted molar refractivity (Wildman–Crippen MR) is 53.4 cm³/mol. The maximum absolute atomic E-state index is 9.43. The number of aliphatic hydroxyl groups excluding tert-OH is 1. The zero-order valence-electron chi connectivity index (χ0n) is 8.89. The molecule has 1 aliphatic rings. The summed E-state index contributed by atoms with van der Waals surface area (Å²) >= 11 is 0. The van der Waals surface area contributed by atoms with Crippen molar-refractivity contribution in [3.63, 3.8) is 0 Å². The Kier molecular flexibility index (Phi) is 5.58. The highest BCUT2D eigenvalue weighted by atomic mass is 16.6. The van der Waals surface area contributed by atoms with Crippen molar-refractivity contribution in [2.45, 2.75) is 25.2 Å². The summed E-state index contributed by atoms with van der Waals surface area (Å²) in [5.74, 6) is 0. The number of hydrogen-bond acceptors (Lipinski definition) is 4. The molecule has 3 unspecified atom stereocenters. The molecule has 3 atom stereocenters. The average Bonchev–Trinajstić information content (AvgIpc) is 2.99. The second-order valence-corrected chi connectivity index (χ2v) is 3.63. The summed E-state index contributed by atoms with van der Waals surface area (Å²) in [6.07, 6.45) is -0.542. The van der Waals surface area contributed by atoms with Crippen molar-refractivity contribution in [3.8, 4) is 0 Å². The molecule has 1 saturated heterocycles. The molecule has 0 radical (unpaired) electrons. The first-order valence-electron chi connectivity index (χ1n) is 5.04. The van der Waals surface area contributed by atoms with E-state index in [0.29, 0.717) is 13.2 Å². The predicted octanol–water partition coefficient (Wildman–Crippen LogP) is 0.0871. The summed E-state index contributed by atoms with van der Waals surface area (Å²) in [7, 11) is 0. The highest BCUT2D eigenvalue weighted by Gasteiger charge is 2.22. The van der Waals surface area contributed by atoms with Gasteiger partial charge in [-0.25, -0.2) is 6.57 Å². The first kappa shape index (κ1) is 12.4. The molecular formula is C10H17NO4. The van der Waals surface area contributed by atoms with Gasteiger partial charge in [0.15, 0.2) is 0 Å². The zero-order chi connectivity index (χ0) is 11.1. The summed E-state index contributed by atoms with van der Waals surface area (Å²) in [6.45, 7) is 10.5. The van der Waals surface area contributed by atoms with E-state index in [1.165, 1.54) is 0 Å². The van der Waals surface area contributed by atoms with Gasteiger partial charge in [-0.05, 0) is 6.92 Å². The standard InChI is InChI=1S/C10H17NO4/c1-8(3-11-2)14-5-9(12)4-13-6-10-7-15-10/h8-10,12H,3-7H2,1H3. The highest BCUT2D eigenvalue weighted by molar-refractivity contribution is 4.68.